The van der Waals surface area contributed by atoms with Gasteiger partial charge in [0.15, 0.2) is 0 Å². The average molecular weight is 336 g/mol. The Morgan fingerprint density at radius 2 is 1.80 bits per heavy atom. The van der Waals surface area contributed by atoms with E-state index in [9.17, 15) is 0 Å². The van der Waals surface area contributed by atoms with Crippen LogP contribution in [0.15, 0.2) is 40.9 Å². The van der Waals surface area contributed by atoms with Crippen molar-refractivity contribution < 1.29 is 4.74 Å². The first-order chi connectivity index (χ1) is 9.60. The number of benzene rings is 2. The molecule has 2 aromatic carbocycles. The van der Waals surface area contributed by atoms with Gasteiger partial charge in [0.25, 0.3) is 0 Å². The van der Waals surface area contributed by atoms with Crippen LogP contribution in [0.4, 0.5) is 0 Å². The van der Waals surface area contributed by atoms with Gasteiger partial charge in [-0.3, -0.25) is 0 Å². The number of ether oxygens (including phenoxy) is 1. The molecule has 2 aromatic rings. The second-order valence-electron chi connectivity index (χ2n) is 5.24. The largest absolute Gasteiger partial charge is 0.377 e. The second kappa shape index (κ2) is 7.21. The maximum absolute atomic E-state index is 5.77. The van der Waals surface area contributed by atoms with Gasteiger partial charge in [0, 0.05) is 4.47 Å². The van der Waals surface area contributed by atoms with Gasteiger partial charge in [0.1, 0.15) is 0 Å². The lowest BCUT2D eigenvalue weighted by Crippen LogP contribution is -2.26. The van der Waals surface area contributed by atoms with Crippen molar-refractivity contribution in [1.29, 1.82) is 0 Å². The molecule has 0 saturated carbocycles. The molecule has 0 aliphatic rings. The van der Waals surface area contributed by atoms with E-state index in [-0.39, 0.29) is 12.1 Å². The number of likely N-dealkylation sites (N-methyl/N-ethyl adjacent to an activating group) is 1. The van der Waals surface area contributed by atoms with Gasteiger partial charge >= 0.3 is 0 Å². The Balaban J connectivity index is 2.25. The highest BCUT2D eigenvalue weighted by molar-refractivity contribution is 9.10. The number of rotatable bonds is 6. The lowest BCUT2D eigenvalue weighted by Gasteiger charge is -2.20. The molecule has 108 valence electrons. The first-order valence-electron chi connectivity index (χ1n) is 7.14. The zero-order valence-corrected chi connectivity index (χ0v) is 13.9. The number of hydrogen-bond acceptors (Lipinski definition) is 2. The van der Waals surface area contributed by atoms with Crippen molar-refractivity contribution in [3.8, 4) is 0 Å². The fraction of sp³-hybridized carbons (Fsp3) is 0.412. The predicted molar refractivity (Wildman–Crippen MR) is 89.2 cm³/mol. The van der Waals surface area contributed by atoms with Gasteiger partial charge in [-0.15, -0.1) is 0 Å². The zero-order valence-electron chi connectivity index (χ0n) is 12.3. The lowest BCUT2D eigenvalue weighted by molar-refractivity contribution is 0.0614. The van der Waals surface area contributed by atoms with Gasteiger partial charge in [0.2, 0.25) is 0 Å². The zero-order chi connectivity index (χ0) is 14.5. The Hall–Kier alpha value is -0.900. The minimum absolute atomic E-state index is 0.246. The summed E-state index contributed by atoms with van der Waals surface area (Å²) in [6, 6.07) is 13.2. The molecule has 0 aromatic heterocycles. The van der Waals surface area contributed by atoms with Crippen molar-refractivity contribution in [2.24, 2.45) is 0 Å². The van der Waals surface area contributed by atoms with Crippen LogP contribution in [0.3, 0.4) is 0 Å². The summed E-state index contributed by atoms with van der Waals surface area (Å²) in [7, 11) is 0. The van der Waals surface area contributed by atoms with E-state index in [4.69, 9.17) is 4.74 Å². The van der Waals surface area contributed by atoms with E-state index in [0.29, 0.717) is 6.61 Å². The first kappa shape index (κ1) is 15.5. The van der Waals surface area contributed by atoms with E-state index < -0.39 is 0 Å². The third-order valence-electron chi connectivity index (χ3n) is 3.28. The van der Waals surface area contributed by atoms with Crippen molar-refractivity contribution in [2.45, 2.75) is 32.9 Å². The Kier molecular flexibility index (Phi) is 5.58. The SMILES string of the molecule is CCNC(COC(C)C)c1ccc2cc(Br)ccc2c1. The fourth-order valence-electron chi connectivity index (χ4n) is 2.26. The molecule has 0 aliphatic heterocycles. The molecule has 0 fully saturated rings. The van der Waals surface area contributed by atoms with E-state index >= 15 is 0 Å². The molecule has 0 amide bonds. The highest BCUT2D eigenvalue weighted by Gasteiger charge is 2.12. The topological polar surface area (TPSA) is 21.3 Å². The summed E-state index contributed by atoms with van der Waals surface area (Å²) in [5, 5.41) is 6.01. The Morgan fingerprint density at radius 1 is 1.10 bits per heavy atom. The summed E-state index contributed by atoms with van der Waals surface area (Å²) in [5.41, 5.74) is 1.28. The van der Waals surface area contributed by atoms with Gasteiger partial charge in [-0.2, -0.15) is 0 Å². The van der Waals surface area contributed by atoms with Crippen LogP contribution in [0, 0.1) is 0 Å². The van der Waals surface area contributed by atoms with E-state index in [1.54, 1.807) is 0 Å². The van der Waals surface area contributed by atoms with E-state index in [0.717, 1.165) is 11.0 Å². The molecule has 0 radical (unpaired) electrons. The molecule has 20 heavy (non-hydrogen) atoms. The number of fused-ring (bicyclic) bond motifs is 1. The summed E-state index contributed by atoms with van der Waals surface area (Å²) in [4.78, 5) is 0. The molecule has 3 heteroatoms. The van der Waals surface area contributed by atoms with Gasteiger partial charge in [-0.05, 0) is 54.9 Å². The van der Waals surface area contributed by atoms with Gasteiger partial charge in [-0.25, -0.2) is 0 Å². The van der Waals surface area contributed by atoms with Crippen LogP contribution in [0.1, 0.15) is 32.4 Å². The summed E-state index contributed by atoms with van der Waals surface area (Å²) in [6.45, 7) is 7.90. The average Bonchev–Trinajstić information content (AvgIpc) is 2.42. The lowest BCUT2D eigenvalue weighted by atomic mass is 10.0. The quantitative estimate of drug-likeness (QED) is 0.827. The van der Waals surface area contributed by atoms with Gasteiger partial charge < -0.3 is 10.1 Å². The maximum Gasteiger partial charge on any atom is 0.0664 e. The highest BCUT2D eigenvalue weighted by atomic mass is 79.9. The monoisotopic (exact) mass is 335 g/mol. The van der Waals surface area contributed by atoms with E-state index in [1.165, 1.54) is 16.3 Å². The third-order valence-corrected chi connectivity index (χ3v) is 3.77. The summed E-state index contributed by atoms with van der Waals surface area (Å²) < 4.78 is 6.89. The highest BCUT2D eigenvalue weighted by Crippen LogP contribution is 2.24. The molecular formula is C17H22BrNO. The number of hydrogen-bond donors (Lipinski definition) is 1. The Bertz CT molecular complexity index is 568. The third kappa shape index (κ3) is 4.05. The summed E-state index contributed by atoms with van der Waals surface area (Å²) in [5.74, 6) is 0. The van der Waals surface area contributed by atoms with Crippen LogP contribution in [0.25, 0.3) is 10.8 Å². The molecular weight excluding hydrogens is 314 g/mol. The minimum atomic E-state index is 0.246. The number of halogens is 1. The Labute approximate surface area is 129 Å². The smallest absolute Gasteiger partial charge is 0.0664 e. The fourth-order valence-corrected chi connectivity index (χ4v) is 2.64. The van der Waals surface area contributed by atoms with Gasteiger partial charge in [-0.1, -0.05) is 41.1 Å². The molecule has 1 N–H and O–H groups in total. The normalized spacial score (nSPS) is 13.1. The van der Waals surface area contributed by atoms with Crippen molar-refractivity contribution in [2.75, 3.05) is 13.2 Å². The molecule has 1 unspecified atom stereocenters. The molecule has 0 saturated heterocycles. The van der Waals surface area contributed by atoms with Crippen LogP contribution < -0.4 is 5.32 Å². The van der Waals surface area contributed by atoms with Crippen molar-refractivity contribution in [3.63, 3.8) is 0 Å². The Morgan fingerprint density at radius 3 is 2.50 bits per heavy atom. The van der Waals surface area contributed by atoms with Crippen LogP contribution in [-0.4, -0.2) is 19.3 Å². The standard InChI is InChI=1S/C17H22BrNO/c1-4-19-17(11-20-12(2)3)15-6-5-14-10-16(18)8-7-13(14)9-15/h5-10,12,17,19H,4,11H2,1-3H3. The van der Waals surface area contributed by atoms with Crippen LogP contribution in [-0.2, 0) is 4.74 Å². The van der Waals surface area contributed by atoms with Crippen LogP contribution in [0.2, 0.25) is 0 Å². The molecule has 0 aliphatic carbocycles. The van der Waals surface area contributed by atoms with E-state index in [2.05, 4.69) is 78.4 Å². The van der Waals surface area contributed by atoms with Crippen molar-refractivity contribution in [1.82, 2.24) is 5.32 Å². The van der Waals surface area contributed by atoms with Crippen LogP contribution >= 0.6 is 15.9 Å². The first-order valence-corrected chi connectivity index (χ1v) is 7.93. The number of nitrogens with one attached hydrogen (secondary N) is 1. The molecule has 0 spiro atoms. The van der Waals surface area contributed by atoms with Crippen molar-refractivity contribution in [3.05, 3.63) is 46.4 Å². The predicted octanol–water partition coefficient (Wildman–Crippen LogP) is 4.68. The minimum Gasteiger partial charge on any atom is -0.377 e. The van der Waals surface area contributed by atoms with Crippen LogP contribution in [0.5, 0.6) is 0 Å². The second-order valence-corrected chi connectivity index (χ2v) is 6.16. The summed E-state index contributed by atoms with van der Waals surface area (Å²) >= 11 is 3.51. The molecule has 2 nitrogen and oxygen atoms in total. The van der Waals surface area contributed by atoms with E-state index in [1.807, 2.05) is 0 Å². The summed E-state index contributed by atoms with van der Waals surface area (Å²) in [6.07, 6.45) is 0.257. The van der Waals surface area contributed by atoms with Crippen molar-refractivity contribution >= 4 is 26.7 Å². The molecule has 1 atom stereocenters. The molecule has 0 bridgehead atoms. The van der Waals surface area contributed by atoms with Gasteiger partial charge in [0.05, 0.1) is 18.8 Å². The molecule has 2 rings (SSSR count). The molecule has 0 heterocycles. The maximum atomic E-state index is 5.77.